The molecular weight excluding hydrogens is 262 g/mol. The van der Waals surface area contributed by atoms with Gasteiger partial charge in [0.05, 0.1) is 12.2 Å². The zero-order valence-electron chi connectivity index (χ0n) is 12.0. The maximum atomic E-state index is 4.53. The zero-order valence-corrected chi connectivity index (χ0v) is 12.0. The monoisotopic (exact) mass is 281 g/mol. The second-order valence-electron chi connectivity index (χ2n) is 5.80. The minimum absolute atomic E-state index is 0.538. The minimum Gasteiger partial charge on any atom is -0.353 e. The van der Waals surface area contributed by atoms with E-state index in [1.165, 1.54) is 12.8 Å². The molecule has 0 saturated carbocycles. The standard InChI is InChI=1S/C16H19N5/c1-2-6-18-15(3-1)21-10-5-13-4-9-20(12-14(13)21)16-11-17-7-8-19-16/h1-3,6-8,11,13-14H,4-5,9-10,12H2. The molecule has 2 fully saturated rings. The molecule has 2 aliphatic heterocycles. The van der Waals surface area contributed by atoms with Crippen LogP contribution in [-0.4, -0.2) is 40.6 Å². The molecule has 4 rings (SSSR count). The molecule has 2 unspecified atom stereocenters. The van der Waals surface area contributed by atoms with Gasteiger partial charge in [-0.25, -0.2) is 9.97 Å². The van der Waals surface area contributed by atoms with Crippen LogP contribution in [0.2, 0.25) is 0 Å². The van der Waals surface area contributed by atoms with E-state index in [1.807, 2.05) is 18.5 Å². The highest BCUT2D eigenvalue weighted by Gasteiger charge is 2.39. The molecule has 0 radical (unpaired) electrons. The predicted octanol–water partition coefficient (Wildman–Crippen LogP) is 1.98. The largest absolute Gasteiger partial charge is 0.353 e. The summed E-state index contributed by atoms with van der Waals surface area (Å²) in [6.45, 7) is 3.20. The fourth-order valence-electron chi connectivity index (χ4n) is 3.61. The Labute approximate surface area is 124 Å². The van der Waals surface area contributed by atoms with Gasteiger partial charge in [-0.1, -0.05) is 6.07 Å². The lowest BCUT2D eigenvalue weighted by molar-refractivity contribution is 0.388. The van der Waals surface area contributed by atoms with Crippen LogP contribution >= 0.6 is 0 Å². The molecule has 0 spiro atoms. The van der Waals surface area contributed by atoms with Crippen LogP contribution in [0.1, 0.15) is 12.8 Å². The van der Waals surface area contributed by atoms with Gasteiger partial charge in [-0.3, -0.25) is 4.98 Å². The lowest BCUT2D eigenvalue weighted by Crippen LogP contribution is -2.48. The third kappa shape index (κ3) is 2.33. The summed E-state index contributed by atoms with van der Waals surface area (Å²) in [5.74, 6) is 2.87. The lowest BCUT2D eigenvalue weighted by atomic mass is 9.92. The average molecular weight is 281 g/mol. The maximum Gasteiger partial charge on any atom is 0.147 e. The highest BCUT2D eigenvalue weighted by atomic mass is 15.3. The van der Waals surface area contributed by atoms with Gasteiger partial charge in [-0.05, 0) is 30.9 Å². The Morgan fingerprint density at radius 3 is 2.67 bits per heavy atom. The van der Waals surface area contributed by atoms with Crippen molar-refractivity contribution in [3.8, 4) is 0 Å². The van der Waals surface area contributed by atoms with E-state index in [9.17, 15) is 0 Å². The number of piperidine rings is 1. The number of hydrogen-bond donors (Lipinski definition) is 0. The second-order valence-corrected chi connectivity index (χ2v) is 5.80. The highest BCUT2D eigenvalue weighted by molar-refractivity contribution is 5.44. The Morgan fingerprint density at radius 1 is 0.952 bits per heavy atom. The zero-order chi connectivity index (χ0) is 14.1. The topological polar surface area (TPSA) is 45.2 Å². The van der Waals surface area contributed by atoms with Gasteiger partial charge in [-0.15, -0.1) is 0 Å². The van der Waals surface area contributed by atoms with Crippen molar-refractivity contribution in [1.82, 2.24) is 15.0 Å². The van der Waals surface area contributed by atoms with Crippen molar-refractivity contribution in [2.75, 3.05) is 29.4 Å². The molecular formula is C16H19N5. The predicted molar refractivity (Wildman–Crippen MR) is 82.3 cm³/mol. The van der Waals surface area contributed by atoms with E-state index in [2.05, 4.69) is 36.9 Å². The smallest absolute Gasteiger partial charge is 0.147 e. The summed E-state index contributed by atoms with van der Waals surface area (Å²) in [6.07, 6.45) is 9.74. The summed E-state index contributed by atoms with van der Waals surface area (Å²) < 4.78 is 0. The summed E-state index contributed by atoms with van der Waals surface area (Å²) in [5, 5.41) is 0. The Balaban J connectivity index is 1.56. The van der Waals surface area contributed by atoms with Crippen molar-refractivity contribution in [3.63, 3.8) is 0 Å². The van der Waals surface area contributed by atoms with Crippen LogP contribution in [0.15, 0.2) is 43.0 Å². The van der Waals surface area contributed by atoms with Crippen molar-refractivity contribution in [2.24, 2.45) is 5.92 Å². The van der Waals surface area contributed by atoms with Gasteiger partial charge in [0.1, 0.15) is 11.6 Å². The SMILES string of the molecule is c1ccc(N2CCC3CCN(c4cnccn4)CC32)nc1. The molecule has 2 aliphatic rings. The third-order valence-electron chi connectivity index (χ3n) is 4.68. The van der Waals surface area contributed by atoms with Crippen LogP contribution in [0.25, 0.3) is 0 Å². The molecule has 2 aromatic heterocycles. The first-order chi connectivity index (χ1) is 10.4. The van der Waals surface area contributed by atoms with Gasteiger partial charge in [-0.2, -0.15) is 0 Å². The maximum absolute atomic E-state index is 4.53. The van der Waals surface area contributed by atoms with E-state index in [1.54, 1.807) is 12.4 Å². The van der Waals surface area contributed by atoms with Gasteiger partial charge >= 0.3 is 0 Å². The minimum atomic E-state index is 0.538. The van der Waals surface area contributed by atoms with Crippen LogP contribution in [0.3, 0.4) is 0 Å². The lowest BCUT2D eigenvalue weighted by Gasteiger charge is -2.39. The van der Waals surface area contributed by atoms with Gasteiger partial charge in [0.15, 0.2) is 0 Å². The Morgan fingerprint density at radius 2 is 1.86 bits per heavy atom. The van der Waals surface area contributed by atoms with Crippen LogP contribution in [0, 0.1) is 5.92 Å². The first-order valence-corrected chi connectivity index (χ1v) is 7.60. The number of hydrogen-bond acceptors (Lipinski definition) is 5. The number of anilines is 2. The molecule has 5 heteroatoms. The summed E-state index contributed by atoms with van der Waals surface area (Å²) in [4.78, 5) is 18.0. The summed E-state index contributed by atoms with van der Waals surface area (Å²) in [7, 11) is 0. The summed E-state index contributed by atoms with van der Waals surface area (Å²) in [6, 6.07) is 6.70. The number of rotatable bonds is 2. The third-order valence-corrected chi connectivity index (χ3v) is 4.68. The van der Waals surface area contributed by atoms with E-state index in [0.29, 0.717) is 6.04 Å². The van der Waals surface area contributed by atoms with Crippen LogP contribution < -0.4 is 9.80 Å². The van der Waals surface area contributed by atoms with Crippen LogP contribution in [0.5, 0.6) is 0 Å². The molecule has 21 heavy (non-hydrogen) atoms. The van der Waals surface area contributed by atoms with Crippen molar-refractivity contribution in [3.05, 3.63) is 43.0 Å². The molecule has 4 heterocycles. The van der Waals surface area contributed by atoms with Crippen molar-refractivity contribution < 1.29 is 0 Å². The van der Waals surface area contributed by atoms with Gasteiger partial charge in [0.25, 0.3) is 0 Å². The van der Waals surface area contributed by atoms with Crippen LogP contribution in [-0.2, 0) is 0 Å². The Kier molecular flexibility index (Phi) is 3.18. The molecule has 0 amide bonds. The van der Waals surface area contributed by atoms with Gasteiger partial charge in [0.2, 0.25) is 0 Å². The number of nitrogens with zero attached hydrogens (tertiary/aromatic N) is 5. The van der Waals surface area contributed by atoms with E-state index in [-0.39, 0.29) is 0 Å². The highest BCUT2D eigenvalue weighted by Crippen LogP contribution is 2.35. The molecule has 2 aromatic rings. The molecule has 5 nitrogen and oxygen atoms in total. The Bertz CT molecular complexity index is 588. The summed E-state index contributed by atoms with van der Waals surface area (Å²) >= 11 is 0. The molecule has 108 valence electrons. The molecule has 2 saturated heterocycles. The molecule has 0 bridgehead atoms. The van der Waals surface area contributed by atoms with Crippen molar-refractivity contribution >= 4 is 11.6 Å². The van der Waals surface area contributed by atoms with Gasteiger partial charge in [0, 0.05) is 38.2 Å². The second kappa shape index (κ2) is 5.31. The van der Waals surface area contributed by atoms with E-state index in [4.69, 9.17) is 0 Å². The fourth-order valence-corrected chi connectivity index (χ4v) is 3.61. The molecule has 0 aliphatic carbocycles. The van der Waals surface area contributed by atoms with E-state index < -0.39 is 0 Å². The molecule has 2 atom stereocenters. The van der Waals surface area contributed by atoms with Crippen LogP contribution in [0.4, 0.5) is 11.6 Å². The quantitative estimate of drug-likeness (QED) is 0.842. The van der Waals surface area contributed by atoms with Crippen molar-refractivity contribution in [1.29, 1.82) is 0 Å². The first-order valence-electron chi connectivity index (χ1n) is 7.60. The number of fused-ring (bicyclic) bond motifs is 1. The Hall–Kier alpha value is -2.17. The van der Waals surface area contributed by atoms with Crippen molar-refractivity contribution in [2.45, 2.75) is 18.9 Å². The summed E-state index contributed by atoms with van der Waals surface area (Å²) in [5.41, 5.74) is 0. The average Bonchev–Trinajstić information content (AvgIpc) is 2.99. The first kappa shape index (κ1) is 12.6. The molecule has 0 N–H and O–H groups in total. The number of aromatic nitrogens is 3. The van der Waals surface area contributed by atoms with E-state index in [0.717, 1.165) is 37.2 Å². The molecule has 0 aromatic carbocycles. The normalized spacial score (nSPS) is 25.0. The van der Waals surface area contributed by atoms with Gasteiger partial charge < -0.3 is 9.80 Å². The fraction of sp³-hybridized carbons (Fsp3) is 0.438. The van der Waals surface area contributed by atoms with E-state index >= 15 is 0 Å². The number of pyridine rings is 1.